The number of sulfonamides is 1. The van der Waals surface area contributed by atoms with Crippen molar-refractivity contribution in [2.75, 3.05) is 23.7 Å². The van der Waals surface area contributed by atoms with Gasteiger partial charge in [0.05, 0.1) is 11.9 Å². The molecule has 0 aromatic heterocycles. The van der Waals surface area contributed by atoms with Gasteiger partial charge in [0.25, 0.3) is 0 Å². The smallest absolute Gasteiger partial charge is 0.244 e. The fourth-order valence-corrected chi connectivity index (χ4v) is 4.67. The van der Waals surface area contributed by atoms with Crippen LogP contribution in [-0.4, -0.2) is 56.6 Å². The molecule has 2 aromatic carbocycles. The monoisotopic (exact) mass is 501 g/mol. The van der Waals surface area contributed by atoms with Crippen LogP contribution in [0.25, 0.3) is 0 Å². The van der Waals surface area contributed by atoms with Crippen LogP contribution in [0.5, 0.6) is 0 Å². The maximum Gasteiger partial charge on any atom is 0.244 e. The van der Waals surface area contributed by atoms with Crippen LogP contribution >= 0.6 is 0 Å². The largest absolute Gasteiger partial charge is 0.352 e. The molecular formula is C27H39N3O4S. The summed E-state index contributed by atoms with van der Waals surface area (Å²) >= 11 is 0. The standard InChI is InChI=1S/C27H39N3O4S/c1-7-22(5)28-27(32)25(8-2)29(17-16-23-12-10-9-11-13-23)26(31)19-30(35(6,33)34)24-15-14-20(3)21(4)18-24/h9-15,18,22,25H,7-8,16-17,19H2,1-6H3,(H,28,32). The highest BCUT2D eigenvalue weighted by molar-refractivity contribution is 7.92. The Morgan fingerprint density at radius 3 is 2.17 bits per heavy atom. The normalized spacial score (nSPS) is 13.1. The highest BCUT2D eigenvalue weighted by Crippen LogP contribution is 2.22. The summed E-state index contributed by atoms with van der Waals surface area (Å²) in [4.78, 5) is 28.3. The molecule has 0 spiro atoms. The Balaban J connectivity index is 2.38. The van der Waals surface area contributed by atoms with Gasteiger partial charge in [-0.25, -0.2) is 8.42 Å². The van der Waals surface area contributed by atoms with Gasteiger partial charge in [-0.1, -0.05) is 50.2 Å². The van der Waals surface area contributed by atoms with Crippen molar-refractivity contribution in [2.45, 2.75) is 66.0 Å². The van der Waals surface area contributed by atoms with Crippen molar-refractivity contribution < 1.29 is 18.0 Å². The molecule has 0 aliphatic carbocycles. The molecule has 0 radical (unpaired) electrons. The summed E-state index contributed by atoms with van der Waals surface area (Å²) < 4.78 is 26.5. The van der Waals surface area contributed by atoms with E-state index in [0.29, 0.717) is 25.1 Å². The van der Waals surface area contributed by atoms with Crippen LogP contribution in [0.4, 0.5) is 5.69 Å². The number of hydrogen-bond donors (Lipinski definition) is 1. The Labute approximate surface area is 210 Å². The van der Waals surface area contributed by atoms with E-state index in [4.69, 9.17) is 0 Å². The van der Waals surface area contributed by atoms with E-state index >= 15 is 0 Å². The molecule has 2 atom stereocenters. The van der Waals surface area contributed by atoms with Gasteiger partial charge in [0, 0.05) is 12.6 Å². The molecule has 0 bridgehead atoms. The Kier molecular flexibility index (Phi) is 10.3. The number of hydrogen-bond acceptors (Lipinski definition) is 4. The summed E-state index contributed by atoms with van der Waals surface area (Å²) in [6.07, 6.45) is 2.85. The molecule has 0 saturated carbocycles. The Hall–Kier alpha value is -2.87. The van der Waals surface area contributed by atoms with Gasteiger partial charge in [-0.05, 0) is 68.9 Å². The maximum atomic E-state index is 13.6. The first-order valence-corrected chi connectivity index (χ1v) is 14.0. The van der Waals surface area contributed by atoms with Gasteiger partial charge in [-0.3, -0.25) is 13.9 Å². The molecule has 192 valence electrons. The van der Waals surface area contributed by atoms with E-state index in [9.17, 15) is 18.0 Å². The Bertz CT molecular complexity index is 1100. The number of nitrogens with one attached hydrogen (secondary N) is 1. The molecule has 2 aromatic rings. The van der Waals surface area contributed by atoms with Crippen LogP contribution in [0.2, 0.25) is 0 Å². The van der Waals surface area contributed by atoms with Crippen molar-refractivity contribution >= 4 is 27.5 Å². The molecule has 2 amide bonds. The van der Waals surface area contributed by atoms with Gasteiger partial charge in [0.15, 0.2) is 0 Å². The predicted octanol–water partition coefficient (Wildman–Crippen LogP) is 3.83. The van der Waals surface area contributed by atoms with Crippen molar-refractivity contribution in [3.8, 4) is 0 Å². The Morgan fingerprint density at radius 1 is 0.971 bits per heavy atom. The lowest BCUT2D eigenvalue weighted by molar-refractivity contribution is -0.139. The first kappa shape index (κ1) is 28.4. The summed E-state index contributed by atoms with van der Waals surface area (Å²) in [6, 6.07) is 14.3. The molecule has 0 aliphatic heterocycles. The van der Waals surface area contributed by atoms with Crippen LogP contribution in [0.3, 0.4) is 0 Å². The van der Waals surface area contributed by atoms with Crippen LogP contribution in [-0.2, 0) is 26.0 Å². The minimum Gasteiger partial charge on any atom is -0.352 e. The SMILES string of the molecule is CCC(C)NC(=O)C(CC)N(CCc1ccccc1)C(=O)CN(c1ccc(C)c(C)c1)S(C)(=O)=O. The van der Waals surface area contributed by atoms with Crippen LogP contribution in [0.15, 0.2) is 48.5 Å². The number of benzene rings is 2. The van der Waals surface area contributed by atoms with Gasteiger partial charge in [-0.15, -0.1) is 0 Å². The van der Waals surface area contributed by atoms with Crippen molar-refractivity contribution in [3.05, 3.63) is 65.2 Å². The van der Waals surface area contributed by atoms with E-state index in [1.54, 1.807) is 12.1 Å². The fourth-order valence-electron chi connectivity index (χ4n) is 3.83. The number of amides is 2. The number of carbonyl (C=O) groups excluding carboxylic acids is 2. The molecule has 2 unspecified atom stereocenters. The van der Waals surface area contributed by atoms with Crippen LogP contribution in [0.1, 0.15) is 50.3 Å². The van der Waals surface area contributed by atoms with E-state index in [1.807, 2.05) is 71.0 Å². The number of rotatable bonds is 12. The molecule has 2 rings (SSSR count). The van der Waals surface area contributed by atoms with Crippen LogP contribution in [0, 0.1) is 13.8 Å². The van der Waals surface area contributed by atoms with Gasteiger partial charge in [0.1, 0.15) is 12.6 Å². The van der Waals surface area contributed by atoms with E-state index < -0.39 is 22.0 Å². The minimum absolute atomic E-state index is 0.0225. The molecule has 0 saturated heterocycles. The second kappa shape index (κ2) is 12.7. The quantitative estimate of drug-likeness (QED) is 0.479. The van der Waals surface area contributed by atoms with Gasteiger partial charge in [0.2, 0.25) is 21.8 Å². The van der Waals surface area contributed by atoms with E-state index in [0.717, 1.165) is 33.7 Å². The predicted molar refractivity (Wildman–Crippen MR) is 142 cm³/mol. The summed E-state index contributed by atoms with van der Waals surface area (Å²) in [7, 11) is -3.73. The molecule has 0 heterocycles. The van der Waals surface area contributed by atoms with Crippen molar-refractivity contribution in [1.29, 1.82) is 0 Å². The molecule has 0 fully saturated rings. The zero-order valence-electron chi connectivity index (χ0n) is 21.7. The molecule has 0 aliphatic rings. The minimum atomic E-state index is -3.73. The number of carbonyl (C=O) groups is 2. The van der Waals surface area contributed by atoms with E-state index in [2.05, 4.69) is 5.32 Å². The third kappa shape index (κ3) is 8.09. The lowest BCUT2D eigenvalue weighted by Crippen LogP contribution is -2.54. The first-order valence-electron chi connectivity index (χ1n) is 12.2. The lowest BCUT2D eigenvalue weighted by atomic mass is 10.1. The van der Waals surface area contributed by atoms with Gasteiger partial charge >= 0.3 is 0 Å². The first-order chi connectivity index (χ1) is 16.5. The lowest BCUT2D eigenvalue weighted by Gasteiger charge is -2.33. The zero-order valence-corrected chi connectivity index (χ0v) is 22.6. The highest BCUT2D eigenvalue weighted by Gasteiger charge is 2.31. The molecule has 1 N–H and O–H groups in total. The highest BCUT2D eigenvalue weighted by atomic mass is 32.2. The summed E-state index contributed by atoms with van der Waals surface area (Å²) in [5, 5.41) is 2.98. The summed E-state index contributed by atoms with van der Waals surface area (Å²) in [6.45, 7) is 9.55. The van der Waals surface area contributed by atoms with Crippen LogP contribution < -0.4 is 9.62 Å². The Morgan fingerprint density at radius 2 is 1.63 bits per heavy atom. The van der Waals surface area contributed by atoms with Crippen molar-refractivity contribution in [3.63, 3.8) is 0 Å². The third-order valence-corrected chi connectivity index (χ3v) is 7.47. The van der Waals surface area contributed by atoms with E-state index in [-0.39, 0.29) is 18.5 Å². The second-order valence-electron chi connectivity index (χ2n) is 9.10. The van der Waals surface area contributed by atoms with Gasteiger partial charge in [-0.2, -0.15) is 0 Å². The van der Waals surface area contributed by atoms with Crippen molar-refractivity contribution in [1.82, 2.24) is 10.2 Å². The topological polar surface area (TPSA) is 86.8 Å². The molecular weight excluding hydrogens is 462 g/mol. The fraction of sp³-hybridized carbons (Fsp3) is 0.481. The second-order valence-corrected chi connectivity index (χ2v) is 11.0. The van der Waals surface area contributed by atoms with E-state index in [1.165, 1.54) is 4.90 Å². The summed E-state index contributed by atoms with van der Waals surface area (Å²) in [5.41, 5.74) is 3.44. The maximum absolute atomic E-state index is 13.6. The third-order valence-electron chi connectivity index (χ3n) is 6.33. The van der Waals surface area contributed by atoms with Crippen molar-refractivity contribution in [2.24, 2.45) is 0 Å². The average molecular weight is 502 g/mol. The zero-order chi connectivity index (χ0) is 26.2. The molecule has 35 heavy (non-hydrogen) atoms. The molecule has 8 heteroatoms. The molecule has 7 nitrogen and oxygen atoms in total. The number of nitrogens with zero attached hydrogens (tertiary/aromatic N) is 2. The summed E-state index contributed by atoms with van der Waals surface area (Å²) in [5.74, 6) is -0.629. The average Bonchev–Trinajstić information content (AvgIpc) is 2.81. The number of aryl methyl sites for hydroxylation is 2. The number of anilines is 1. The van der Waals surface area contributed by atoms with Gasteiger partial charge < -0.3 is 10.2 Å².